The van der Waals surface area contributed by atoms with Gasteiger partial charge in [0.2, 0.25) is 0 Å². The van der Waals surface area contributed by atoms with E-state index < -0.39 is 0 Å². The van der Waals surface area contributed by atoms with Crippen molar-refractivity contribution in [2.45, 2.75) is 19.4 Å². The Bertz CT molecular complexity index is 322. The van der Waals surface area contributed by atoms with Crippen LogP contribution in [-0.4, -0.2) is 24.3 Å². The number of carbonyl (C=O) groups is 1. The third-order valence-corrected chi connectivity index (χ3v) is 2.77. The molecule has 0 atom stereocenters. The van der Waals surface area contributed by atoms with Crippen molar-refractivity contribution in [1.82, 2.24) is 4.90 Å². The van der Waals surface area contributed by atoms with Crippen LogP contribution in [0, 0.1) is 0 Å². The van der Waals surface area contributed by atoms with Gasteiger partial charge in [-0.05, 0) is 17.5 Å². The molecule has 1 aromatic rings. The molecular weight excluding hydrogens is 174 g/mol. The zero-order chi connectivity index (χ0) is 9.80. The molecule has 0 radical (unpaired) electrons. The molecule has 1 aromatic carbocycles. The molecule has 0 saturated heterocycles. The molecule has 1 heterocycles. The SMILES string of the molecule is O=CCCN1CCc2ccccc2C1. The van der Waals surface area contributed by atoms with Crippen molar-refractivity contribution in [2.24, 2.45) is 0 Å². The zero-order valence-electron chi connectivity index (χ0n) is 8.28. The summed E-state index contributed by atoms with van der Waals surface area (Å²) < 4.78 is 0. The first-order valence-electron chi connectivity index (χ1n) is 5.13. The second-order valence-electron chi connectivity index (χ2n) is 3.75. The van der Waals surface area contributed by atoms with E-state index in [0.29, 0.717) is 6.42 Å². The maximum atomic E-state index is 10.3. The average Bonchev–Trinajstić information content (AvgIpc) is 2.26. The fraction of sp³-hybridized carbons (Fsp3) is 0.417. The van der Waals surface area contributed by atoms with Crippen molar-refractivity contribution in [3.8, 4) is 0 Å². The summed E-state index contributed by atoms with van der Waals surface area (Å²) in [7, 11) is 0. The Hall–Kier alpha value is -1.15. The van der Waals surface area contributed by atoms with Crippen molar-refractivity contribution >= 4 is 6.29 Å². The van der Waals surface area contributed by atoms with Gasteiger partial charge in [-0.25, -0.2) is 0 Å². The van der Waals surface area contributed by atoms with E-state index in [-0.39, 0.29) is 0 Å². The van der Waals surface area contributed by atoms with Crippen LogP contribution in [0.25, 0.3) is 0 Å². The van der Waals surface area contributed by atoms with Crippen LogP contribution in [0.5, 0.6) is 0 Å². The highest BCUT2D eigenvalue weighted by molar-refractivity contribution is 5.49. The first kappa shape index (κ1) is 9.41. The Balaban J connectivity index is 2.02. The van der Waals surface area contributed by atoms with Gasteiger partial charge in [0, 0.05) is 26.1 Å². The van der Waals surface area contributed by atoms with E-state index in [1.165, 1.54) is 11.1 Å². The van der Waals surface area contributed by atoms with Gasteiger partial charge in [0.25, 0.3) is 0 Å². The summed E-state index contributed by atoms with van der Waals surface area (Å²) in [6, 6.07) is 8.57. The van der Waals surface area contributed by atoms with Gasteiger partial charge >= 0.3 is 0 Å². The quantitative estimate of drug-likeness (QED) is 0.674. The maximum Gasteiger partial charge on any atom is 0.121 e. The van der Waals surface area contributed by atoms with E-state index in [9.17, 15) is 4.79 Å². The van der Waals surface area contributed by atoms with Crippen LogP contribution in [0.1, 0.15) is 17.5 Å². The van der Waals surface area contributed by atoms with E-state index in [0.717, 1.165) is 32.3 Å². The molecule has 0 fully saturated rings. The van der Waals surface area contributed by atoms with Gasteiger partial charge in [0.05, 0.1) is 0 Å². The van der Waals surface area contributed by atoms with E-state index in [4.69, 9.17) is 0 Å². The number of fused-ring (bicyclic) bond motifs is 1. The highest BCUT2D eigenvalue weighted by Gasteiger charge is 2.14. The van der Waals surface area contributed by atoms with Gasteiger partial charge in [-0.2, -0.15) is 0 Å². The smallest absolute Gasteiger partial charge is 0.121 e. The van der Waals surface area contributed by atoms with Crippen LogP contribution >= 0.6 is 0 Å². The molecule has 0 amide bonds. The standard InChI is InChI=1S/C12H15NO/c14-9-3-7-13-8-6-11-4-1-2-5-12(11)10-13/h1-2,4-5,9H,3,6-8,10H2. The number of hydrogen-bond acceptors (Lipinski definition) is 2. The van der Waals surface area contributed by atoms with Crippen LogP contribution in [0.3, 0.4) is 0 Å². The zero-order valence-corrected chi connectivity index (χ0v) is 8.28. The molecule has 2 rings (SSSR count). The van der Waals surface area contributed by atoms with Crippen LogP contribution in [0.4, 0.5) is 0 Å². The lowest BCUT2D eigenvalue weighted by Crippen LogP contribution is -2.31. The summed E-state index contributed by atoms with van der Waals surface area (Å²) >= 11 is 0. The number of rotatable bonds is 3. The van der Waals surface area contributed by atoms with Crippen LogP contribution in [0.15, 0.2) is 24.3 Å². The third-order valence-electron chi connectivity index (χ3n) is 2.77. The molecule has 14 heavy (non-hydrogen) atoms. The molecule has 74 valence electrons. The molecule has 2 nitrogen and oxygen atoms in total. The molecule has 0 saturated carbocycles. The number of hydrogen-bond donors (Lipinski definition) is 0. The summed E-state index contributed by atoms with van der Waals surface area (Å²) in [6.45, 7) is 2.99. The molecule has 0 unspecified atom stereocenters. The van der Waals surface area contributed by atoms with Crippen LogP contribution < -0.4 is 0 Å². The lowest BCUT2D eigenvalue weighted by atomic mass is 10.00. The second kappa shape index (κ2) is 4.38. The van der Waals surface area contributed by atoms with Crippen molar-refractivity contribution in [1.29, 1.82) is 0 Å². The van der Waals surface area contributed by atoms with Crippen LogP contribution in [-0.2, 0) is 17.8 Å². The fourth-order valence-electron chi connectivity index (χ4n) is 1.98. The fourth-order valence-corrected chi connectivity index (χ4v) is 1.98. The predicted molar refractivity (Wildman–Crippen MR) is 56.1 cm³/mol. The molecule has 1 aliphatic heterocycles. The number of aldehydes is 1. The summed E-state index contributed by atoms with van der Waals surface area (Å²) in [5.41, 5.74) is 2.89. The predicted octanol–water partition coefficient (Wildman–Crippen LogP) is 1.63. The highest BCUT2D eigenvalue weighted by atomic mass is 16.1. The third kappa shape index (κ3) is 2.02. The van der Waals surface area contributed by atoms with E-state index in [1.807, 2.05) is 0 Å². The normalized spacial score (nSPS) is 16.3. The van der Waals surface area contributed by atoms with E-state index >= 15 is 0 Å². The van der Waals surface area contributed by atoms with Gasteiger partial charge < -0.3 is 4.79 Å². The van der Waals surface area contributed by atoms with Crippen molar-refractivity contribution in [3.05, 3.63) is 35.4 Å². The van der Waals surface area contributed by atoms with Gasteiger partial charge in [-0.15, -0.1) is 0 Å². The van der Waals surface area contributed by atoms with E-state index in [1.54, 1.807) is 0 Å². The minimum atomic E-state index is 0.655. The van der Waals surface area contributed by atoms with Gasteiger partial charge in [0.15, 0.2) is 0 Å². The van der Waals surface area contributed by atoms with Gasteiger partial charge in [0.1, 0.15) is 6.29 Å². The molecule has 1 aliphatic rings. The summed E-state index contributed by atoms with van der Waals surface area (Å²) in [6.07, 6.45) is 2.78. The number of nitrogens with zero attached hydrogens (tertiary/aromatic N) is 1. The lowest BCUT2D eigenvalue weighted by Gasteiger charge is -2.27. The maximum absolute atomic E-state index is 10.3. The largest absolute Gasteiger partial charge is 0.303 e. The summed E-state index contributed by atoms with van der Waals surface area (Å²) in [4.78, 5) is 12.6. The Labute approximate surface area is 84.5 Å². The Morgan fingerprint density at radius 2 is 2.07 bits per heavy atom. The van der Waals surface area contributed by atoms with Crippen LogP contribution in [0.2, 0.25) is 0 Å². The second-order valence-corrected chi connectivity index (χ2v) is 3.75. The van der Waals surface area contributed by atoms with Crippen molar-refractivity contribution < 1.29 is 4.79 Å². The monoisotopic (exact) mass is 189 g/mol. The van der Waals surface area contributed by atoms with E-state index in [2.05, 4.69) is 29.2 Å². The van der Waals surface area contributed by atoms with Gasteiger partial charge in [-0.3, -0.25) is 4.90 Å². The topological polar surface area (TPSA) is 20.3 Å². The molecule has 0 N–H and O–H groups in total. The number of carbonyl (C=O) groups excluding carboxylic acids is 1. The molecular formula is C12H15NO. The lowest BCUT2D eigenvalue weighted by molar-refractivity contribution is -0.108. The summed E-state index contributed by atoms with van der Waals surface area (Å²) in [5.74, 6) is 0. The summed E-state index contributed by atoms with van der Waals surface area (Å²) in [5, 5.41) is 0. The minimum absolute atomic E-state index is 0.655. The number of benzene rings is 1. The van der Waals surface area contributed by atoms with Gasteiger partial charge in [-0.1, -0.05) is 24.3 Å². The Kier molecular flexibility index (Phi) is 2.94. The first-order chi connectivity index (χ1) is 6.90. The molecule has 2 heteroatoms. The Morgan fingerprint density at radius 1 is 1.29 bits per heavy atom. The molecule has 0 bridgehead atoms. The Morgan fingerprint density at radius 3 is 2.86 bits per heavy atom. The van der Waals surface area contributed by atoms with Crippen molar-refractivity contribution in [3.63, 3.8) is 0 Å². The minimum Gasteiger partial charge on any atom is -0.303 e. The molecule has 0 aliphatic carbocycles. The molecule has 0 spiro atoms. The highest BCUT2D eigenvalue weighted by Crippen LogP contribution is 2.17. The average molecular weight is 189 g/mol. The first-order valence-corrected chi connectivity index (χ1v) is 5.13. The van der Waals surface area contributed by atoms with Crippen molar-refractivity contribution in [2.75, 3.05) is 13.1 Å². The molecule has 0 aromatic heterocycles.